The number of carboxylic acids is 1. The highest BCUT2D eigenvalue weighted by Crippen LogP contribution is 2.31. The Morgan fingerprint density at radius 2 is 2.00 bits per heavy atom. The number of aliphatic carboxylic acids is 1. The Morgan fingerprint density at radius 1 is 1.40 bits per heavy atom. The first-order chi connectivity index (χ1) is 7.04. The molecule has 4 heteroatoms. The summed E-state index contributed by atoms with van der Waals surface area (Å²) >= 11 is 1.28. The molecule has 3 nitrogen and oxygen atoms in total. The van der Waals surface area contributed by atoms with Crippen LogP contribution >= 0.6 is 11.8 Å². The van der Waals surface area contributed by atoms with Crippen LogP contribution in [0.15, 0.2) is 17.0 Å². The van der Waals surface area contributed by atoms with E-state index in [1.807, 2.05) is 26.0 Å². The number of benzene rings is 1. The summed E-state index contributed by atoms with van der Waals surface area (Å²) in [6, 6.07) is 3.89. The van der Waals surface area contributed by atoms with Crippen molar-refractivity contribution in [2.45, 2.75) is 18.7 Å². The fourth-order valence-corrected chi connectivity index (χ4v) is 2.00. The Hall–Kier alpha value is -1.16. The Kier molecular flexibility index (Phi) is 4.03. The van der Waals surface area contributed by atoms with E-state index >= 15 is 0 Å². The first kappa shape index (κ1) is 11.9. The van der Waals surface area contributed by atoms with Gasteiger partial charge in [0.25, 0.3) is 0 Å². The Morgan fingerprint density at radius 3 is 2.53 bits per heavy atom. The van der Waals surface area contributed by atoms with Crippen LogP contribution < -0.4 is 4.74 Å². The van der Waals surface area contributed by atoms with Gasteiger partial charge in [0.1, 0.15) is 5.75 Å². The number of methoxy groups -OCH3 is 1. The van der Waals surface area contributed by atoms with E-state index in [2.05, 4.69) is 0 Å². The van der Waals surface area contributed by atoms with Crippen LogP contribution in [-0.2, 0) is 4.79 Å². The molecule has 0 spiro atoms. The van der Waals surface area contributed by atoms with Crippen LogP contribution in [-0.4, -0.2) is 23.9 Å². The summed E-state index contributed by atoms with van der Waals surface area (Å²) < 4.78 is 5.20. The zero-order chi connectivity index (χ0) is 11.4. The van der Waals surface area contributed by atoms with Crippen LogP contribution in [0.1, 0.15) is 11.1 Å². The zero-order valence-electron chi connectivity index (χ0n) is 9.03. The Labute approximate surface area is 93.4 Å². The molecule has 1 N–H and O–H groups in total. The zero-order valence-corrected chi connectivity index (χ0v) is 9.85. The summed E-state index contributed by atoms with van der Waals surface area (Å²) in [5, 5.41) is 8.60. The number of hydrogen-bond acceptors (Lipinski definition) is 3. The minimum atomic E-state index is -0.819. The number of thioether (sulfide) groups is 1. The highest BCUT2D eigenvalue weighted by molar-refractivity contribution is 8.00. The predicted octanol–water partition coefficient (Wildman–Crippen LogP) is 2.49. The summed E-state index contributed by atoms with van der Waals surface area (Å²) in [6.45, 7) is 4.00. The molecule has 0 saturated heterocycles. The molecule has 0 heterocycles. The second-order valence-electron chi connectivity index (χ2n) is 3.27. The van der Waals surface area contributed by atoms with Crippen LogP contribution in [0.5, 0.6) is 5.75 Å². The van der Waals surface area contributed by atoms with Gasteiger partial charge in [0.2, 0.25) is 0 Å². The van der Waals surface area contributed by atoms with Crippen molar-refractivity contribution in [3.8, 4) is 5.75 Å². The SMILES string of the molecule is COc1cc(C)c(C)cc1SCC(=O)O. The average molecular weight is 226 g/mol. The molecule has 1 aromatic carbocycles. The molecule has 0 aliphatic carbocycles. The van der Waals surface area contributed by atoms with E-state index in [4.69, 9.17) is 9.84 Å². The Balaban J connectivity index is 2.94. The maximum Gasteiger partial charge on any atom is 0.313 e. The van der Waals surface area contributed by atoms with Crippen molar-refractivity contribution in [3.63, 3.8) is 0 Å². The van der Waals surface area contributed by atoms with E-state index in [0.717, 1.165) is 21.8 Å². The van der Waals surface area contributed by atoms with Gasteiger partial charge in [-0.1, -0.05) is 0 Å². The molecule has 0 aliphatic rings. The first-order valence-electron chi connectivity index (χ1n) is 4.54. The fourth-order valence-electron chi connectivity index (χ4n) is 1.18. The van der Waals surface area contributed by atoms with Gasteiger partial charge in [0.05, 0.1) is 17.8 Å². The number of rotatable bonds is 4. The second kappa shape index (κ2) is 5.07. The second-order valence-corrected chi connectivity index (χ2v) is 4.29. The van der Waals surface area contributed by atoms with Gasteiger partial charge in [-0.15, -0.1) is 11.8 Å². The smallest absolute Gasteiger partial charge is 0.313 e. The molecule has 0 aromatic heterocycles. The van der Waals surface area contributed by atoms with Gasteiger partial charge < -0.3 is 9.84 Å². The summed E-state index contributed by atoms with van der Waals surface area (Å²) in [4.78, 5) is 11.3. The molecular weight excluding hydrogens is 212 g/mol. The van der Waals surface area contributed by atoms with E-state index in [9.17, 15) is 4.79 Å². The van der Waals surface area contributed by atoms with E-state index in [1.54, 1.807) is 7.11 Å². The standard InChI is InChI=1S/C11H14O3S/c1-7-4-9(14-3)10(5-8(7)2)15-6-11(12)13/h4-5H,6H2,1-3H3,(H,12,13). The lowest BCUT2D eigenvalue weighted by Gasteiger charge is -2.10. The van der Waals surface area contributed by atoms with Gasteiger partial charge in [0.15, 0.2) is 0 Å². The predicted molar refractivity (Wildman–Crippen MR) is 60.8 cm³/mol. The molecule has 0 unspecified atom stereocenters. The molecule has 82 valence electrons. The van der Waals surface area contributed by atoms with Crippen molar-refractivity contribution in [1.82, 2.24) is 0 Å². The van der Waals surface area contributed by atoms with Gasteiger partial charge >= 0.3 is 5.97 Å². The summed E-state index contributed by atoms with van der Waals surface area (Å²) in [6.07, 6.45) is 0. The maximum absolute atomic E-state index is 10.5. The van der Waals surface area contributed by atoms with Crippen molar-refractivity contribution >= 4 is 17.7 Å². The first-order valence-corrected chi connectivity index (χ1v) is 5.53. The third kappa shape index (κ3) is 3.16. The molecule has 0 bridgehead atoms. The van der Waals surface area contributed by atoms with E-state index < -0.39 is 5.97 Å². The van der Waals surface area contributed by atoms with Gasteiger partial charge in [-0.2, -0.15) is 0 Å². The molecule has 1 aromatic rings. The lowest BCUT2D eigenvalue weighted by Crippen LogP contribution is -1.98. The quantitative estimate of drug-likeness (QED) is 0.801. The number of aryl methyl sites for hydroxylation is 2. The monoisotopic (exact) mass is 226 g/mol. The summed E-state index contributed by atoms with van der Waals surface area (Å²) in [7, 11) is 1.59. The molecule has 0 atom stereocenters. The molecule has 0 aliphatic heterocycles. The van der Waals surface area contributed by atoms with E-state index in [1.165, 1.54) is 11.8 Å². The molecular formula is C11H14O3S. The van der Waals surface area contributed by atoms with Gasteiger partial charge in [-0.3, -0.25) is 4.79 Å². The maximum atomic E-state index is 10.5. The number of hydrogen-bond donors (Lipinski definition) is 1. The van der Waals surface area contributed by atoms with Gasteiger partial charge in [-0.05, 0) is 37.1 Å². The molecule has 15 heavy (non-hydrogen) atoms. The molecule has 0 saturated carbocycles. The average Bonchev–Trinajstić information content (AvgIpc) is 2.19. The normalized spacial score (nSPS) is 10.1. The van der Waals surface area contributed by atoms with Crippen LogP contribution in [0.4, 0.5) is 0 Å². The van der Waals surface area contributed by atoms with Crippen molar-refractivity contribution in [2.75, 3.05) is 12.9 Å². The number of ether oxygens (including phenoxy) is 1. The van der Waals surface area contributed by atoms with Crippen molar-refractivity contribution in [1.29, 1.82) is 0 Å². The van der Waals surface area contributed by atoms with E-state index in [0.29, 0.717) is 0 Å². The van der Waals surface area contributed by atoms with E-state index in [-0.39, 0.29) is 5.75 Å². The third-order valence-corrected chi connectivity index (χ3v) is 3.15. The largest absolute Gasteiger partial charge is 0.496 e. The van der Waals surface area contributed by atoms with Crippen LogP contribution in [0.2, 0.25) is 0 Å². The summed E-state index contributed by atoms with van der Waals surface area (Å²) in [5.74, 6) is -0.0246. The number of carbonyl (C=O) groups is 1. The molecule has 0 amide bonds. The topological polar surface area (TPSA) is 46.5 Å². The van der Waals surface area contributed by atoms with Crippen LogP contribution in [0.25, 0.3) is 0 Å². The molecule has 0 radical (unpaired) electrons. The lowest BCUT2D eigenvalue weighted by molar-refractivity contribution is -0.133. The van der Waals surface area contributed by atoms with Crippen molar-refractivity contribution < 1.29 is 14.6 Å². The fraction of sp³-hybridized carbons (Fsp3) is 0.364. The highest BCUT2D eigenvalue weighted by Gasteiger charge is 2.08. The Bertz CT molecular complexity index is 374. The highest BCUT2D eigenvalue weighted by atomic mass is 32.2. The minimum Gasteiger partial charge on any atom is -0.496 e. The lowest BCUT2D eigenvalue weighted by atomic mass is 10.1. The van der Waals surface area contributed by atoms with Crippen LogP contribution in [0, 0.1) is 13.8 Å². The van der Waals surface area contributed by atoms with Crippen molar-refractivity contribution in [3.05, 3.63) is 23.3 Å². The minimum absolute atomic E-state index is 0.0544. The van der Waals surface area contributed by atoms with Crippen LogP contribution in [0.3, 0.4) is 0 Å². The van der Waals surface area contributed by atoms with Gasteiger partial charge in [-0.25, -0.2) is 0 Å². The number of carboxylic acid groups (broad SMARTS) is 1. The van der Waals surface area contributed by atoms with Gasteiger partial charge in [0, 0.05) is 0 Å². The third-order valence-electron chi connectivity index (χ3n) is 2.13. The molecule has 0 fully saturated rings. The molecule has 1 rings (SSSR count). The van der Waals surface area contributed by atoms with Crippen molar-refractivity contribution in [2.24, 2.45) is 0 Å². The summed E-state index contributed by atoms with van der Waals surface area (Å²) in [5.41, 5.74) is 2.29.